The first-order chi connectivity index (χ1) is 11.3. The molecule has 0 aliphatic rings. The van der Waals surface area contributed by atoms with Crippen LogP contribution in [0.5, 0.6) is 5.75 Å². The predicted octanol–water partition coefficient (Wildman–Crippen LogP) is 6.37. The zero-order valence-corrected chi connectivity index (χ0v) is 13.5. The summed E-state index contributed by atoms with van der Waals surface area (Å²) in [6.07, 6.45) is 0. The maximum Gasteiger partial charge on any atom is 0.119 e. The van der Waals surface area contributed by atoms with Crippen LogP contribution in [0, 0.1) is 0 Å². The summed E-state index contributed by atoms with van der Waals surface area (Å²) in [6, 6.07) is 24.0. The molecule has 4 aromatic carbocycles. The van der Waals surface area contributed by atoms with Crippen LogP contribution in [0.15, 0.2) is 66.7 Å². The zero-order valence-electron chi connectivity index (χ0n) is 12.7. The molecule has 0 fully saturated rings. The lowest BCUT2D eigenvalue weighted by atomic mass is 10.0. The predicted molar refractivity (Wildman–Crippen MR) is 101 cm³/mol. The fraction of sp³-hybridized carbons (Fsp3) is 0.0476. The number of ether oxygens (including phenoxy) is 1. The topological polar surface area (TPSA) is 9.23 Å². The smallest absolute Gasteiger partial charge is 0.119 e. The zero-order chi connectivity index (χ0) is 15.4. The molecule has 0 amide bonds. The number of rotatable bonds is 1. The lowest BCUT2D eigenvalue weighted by Gasteiger charge is -2.04. The molecule has 0 aliphatic heterocycles. The van der Waals surface area contributed by atoms with Crippen molar-refractivity contribution in [3.63, 3.8) is 0 Å². The van der Waals surface area contributed by atoms with Crippen molar-refractivity contribution in [3.8, 4) is 5.75 Å². The molecule has 0 saturated heterocycles. The molecule has 1 nitrogen and oxygen atoms in total. The molecule has 0 aliphatic carbocycles. The van der Waals surface area contributed by atoms with E-state index in [0.717, 1.165) is 5.75 Å². The minimum atomic E-state index is 0.913. The van der Waals surface area contributed by atoms with Crippen molar-refractivity contribution < 1.29 is 4.74 Å². The van der Waals surface area contributed by atoms with Gasteiger partial charge in [0.1, 0.15) is 5.75 Å². The number of benzene rings is 4. The molecule has 0 spiro atoms. The highest BCUT2D eigenvalue weighted by Crippen LogP contribution is 2.40. The molecule has 5 rings (SSSR count). The number of fused-ring (bicyclic) bond motifs is 6. The van der Waals surface area contributed by atoms with Gasteiger partial charge >= 0.3 is 0 Å². The maximum absolute atomic E-state index is 5.39. The van der Waals surface area contributed by atoms with Crippen LogP contribution in [-0.2, 0) is 0 Å². The van der Waals surface area contributed by atoms with E-state index in [1.807, 2.05) is 17.4 Å². The Kier molecular flexibility index (Phi) is 2.64. The number of hydrogen-bond acceptors (Lipinski definition) is 2. The van der Waals surface area contributed by atoms with Crippen molar-refractivity contribution in [1.82, 2.24) is 0 Å². The maximum atomic E-state index is 5.39. The fourth-order valence-electron chi connectivity index (χ4n) is 3.35. The van der Waals surface area contributed by atoms with Gasteiger partial charge in [-0.05, 0) is 46.5 Å². The van der Waals surface area contributed by atoms with E-state index >= 15 is 0 Å². The highest BCUT2D eigenvalue weighted by Gasteiger charge is 2.10. The normalized spacial score (nSPS) is 11.7. The van der Waals surface area contributed by atoms with Gasteiger partial charge < -0.3 is 4.74 Å². The third kappa shape index (κ3) is 1.85. The summed E-state index contributed by atoms with van der Waals surface area (Å²) in [5.41, 5.74) is 0. The number of thiophene rings is 1. The molecule has 2 heteroatoms. The molecule has 0 radical (unpaired) electrons. The van der Waals surface area contributed by atoms with E-state index in [4.69, 9.17) is 4.74 Å². The standard InChI is InChI=1S/C21H14OS/c1-22-16-7-9-20-19(12-16)17-8-6-15-10-13-4-2-3-5-14(13)11-18(15)21(17)23-20/h2-12H,1H3. The molecule has 5 aromatic rings. The molecule has 0 atom stereocenters. The lowest BCUT2D eigenvalue weighted by Crippen LogP contribution is -1.80. The van der Waals surface area contributed by atoms with Gasteiger partial charge in [-0.15, -0.1) is 11.3 Å². The van der Waals surface area contributed by atoms with Crippen LogP contribution in [0.2, 0.25) is 0 Å². The van der Waals surface area contributed by atoms with Crippen LogP contribution < -0.4 is 4.74 Å². The van der Waals surface area contributed by atoms with Crippen LogP contribution in [-0.4, -0.2) is 7.11 Å². The van der Waals surface area contributed by atoms with Gasteiger partial charge in [-0.1, -0.05) is 36.4 Å². The van der Waals surface area contributed by atoms with E-state index in [2.05, 4.69) is 60.7 Å². The van der Waals surface area contributed by atoms with E-state index in [-0.39, 0.29) is 0 Å². The van der Waals surface area contributed by atoms with Crippen molar-refractivity contribution in [1.29, 1.82) is 0 Å². The van der Waals surface area contributed by atoms with Crippen LogP contribution in [0.1, 0.15) is 0 Å². The summed E-state index contributed by atoms with van der Waals surface area (Å²) >= 11 is 1.86. The molecule has 0 saturated carbocycles. The van der Waals surface area contributed by atoms with Crippen LogP contribution >= 0.6 is 11.3 Å². The quantitative estimate of drug-likeness (QED) is 0.327. The molecule has 1 aromatic heterocycles. The Bertz CT molecular complexity index is 1200. The summed E-state index contributed by atoms with van der Waals surface area (Å²) in [6.45, 7) is 0. The van der Waals surface area contributed by atoms with Gasteiger partial charge in [0.05, 0.1) is 7.11 Å². The molecule has 1 heterocycles. The van der Waals surface area contributed by atoms with Crippen LogP contribution in [0.3, 0.4) is 0 Å². The van der Waals surface area contributed by atoms with Crippen molar-refractivity contribution >= 4 is 53.1 Å². The van der Waals surface area contributed by atoms with Gasteiger partial charge in [0.2, 0.25) is 0 Å². The molecular formula is C21H14OS. The van der Waals surface area contributed by atoms with E-state index in [1.54, 1.807) is 7.11 Å². The Morgan fingerprint density at radius 1 is 0.696 bits per heavy atom. The van der Waals surface area contributed by atoms with Gasteiger partial charge in [0.15, 0.2) is 0 Å². The molecular weight excluding hydrogens is 300 g/mol. The average Bonchev–Trinajstić information content (AvgIpc) is 2.98. The Morgan fingerprint density at radius 3 is 2.35 bits per heavy atom. The van der Waals surface area contributed by atoms with Gasteiger partial charge in [-0.25, -0.2) is 0 Å². The van der Waals surface area contributed by atoms with Crippen LogP contribution in [0.25, 0.3) is 41.7 Å². The summed E-state index contributed by atoms with van der Waals surface area (Å²) in [7, 11) is 1.72. The van der Waals surface area contributed by atoms with Gasteiger partial charge in [-0.3, -0.25) is 0 Å². The monoisotopic (exact) mass is 314 g/mol. The number of hydrogen-bond donors (Lipinski definition) is 0. The van der Waals surface area contributed by atoms with Gasteiger partial charge in [-0.2, -0.15) is 0 Å². The minimum Gasteiger partial charge on any atom is -0.497 e. The highest BCUT2D eigenvalue weighted by atomic mass is 32.1. The third-order valence-electron chi connectivity index (χ3n) is 4.53. The van der Waals surface area contributed by atoms with Crippen molar-refractivity contribution in [2.24, 2.45) is 0 Å². The SMILES string of the molecule is COc1ccc2sc3c4cc5ccccc5cc4ccc3c2c1. The summed E-state index contributed by atoms with van der Waals surface area (Å²) in [5.74, 6) is 0.913. The second-order valence-corrected chi connectivity index (χ2v) is 6.88. The Labute approximate surface area is 137 Å². The Balaban J connectivity index is 1.96. The molecule has 23 heavy (non-hydrogen) atoms. The Morgan fingerprint density at radius 2 is 1.52 bits per heavy atom. The first kappa shape index (κ1) is 12.9. The molecule has 110 valence electrons. The van der Waals surface area contributed by atoms with Gasteiger partial charge in [0, 0.05) is 25.6 Å². The van der Waals surface area contributed by atoms with Gasteiger partial charge in [0.25, 0.3) is 0 Å². The summed E-state index contributed by atoms with van der Waals surface area (Å²) in [4.78, 5) is 0. The average molecular weight is 314 g/mol. The van der Waals surface area contributed by atoms with Crippen molar-refractivity contribution in [2.45, 2.75) is 0 Å². The highest BCUT2D eigenvalue weighted by molar-refractivity contribution is 7.26. The minimum absolute atomic E-state index is 0.913. The van der Waals surface area contributed by atoms with Crippen molar-refractivity contribution in [2.75, 3.05) is 7.11 Å². The fourth-order valence-corrected chi connectivity index (χ4v) is 4.56. The van der Waals surface area contributed by atoms with Crippen LogP contribution in [0.4, 0.5) is 0 Å². The molecule has 0 unspecified atom stereocenters. The lowest BCUT2D eigenvalue weighted by molar-refractivity contribution is 0.415. The van der Waals surface area contributed by atoms with Crippen molar-refractivity contribution in [3.05, 3.63) is 66.7 Å². The first-order valence-corrected chi connectivity index (χ1v) is 8.47. The van der Waals surface area contributed by atoms with E-state index in [9.17, 15) is 0 Å². The van der Waals surface area contributed by atoms with E-state index < -0.39 is 0 Å². The first-order valence-electron chi connectivity index (χ1n) is 7.65. The second kappa shape index (κ2) is 4.71. The molecule has 0 N–H and O–H groups in total. The molecule has 0 bridgehead atoms. The summed E-state index contributed by atoms with van der Waals surface area (Å²) in [5, 5.41) is 7.81. The van der Waals surface area contributed by atoms with E-state index in [1.165, 1.54) is 41.7 Å². The third-order valence-corrected chi connectivity index (χ3v) is 5.75. The Hall–Kier alpha value is -2.58. The van der Waals surface area contributed by atoms with E-state index in [0.29, 0.717) is 0 Å². The number of methoxy groups -OCH3 is 1. The summed E-state index contributed by atoms with van der Waals surface area (Å²) < 4.78 is 8.06. The second-order valence-electron chi connectivity index (χ2n) is 5.83. The largest absolute Gasteiger partial charge is 0.497 e.